The second-order valence-electron chi connectivity index (χ2n) is 4.02. The van der Waals surface area contributed by atoms with E-state index < -0.39 is 5.60 Å². The van der Waals surface area contributed by atoms with Crippen molar-refractivity contribution >= 4 is 5.91 Å². The van der Waals surface area contributed by atoms with E-state index in [-0.39, 0.29) is 11.9 Å². The van der Waals surface area contributed by atoms with Crippen LogP contribution in [0.5, 0.6) is 0 Å². The van der Waals surface area contributed by atoms with Gasteiger partial charge in [0.1, 0.15) is 0 Å². The Labute approximate surface area is 79.9 Å². The highest BCUT2D eigenvalue weighted by molar-refractivity contribution is 5.80. The largest absolute Gasteiger partial charge is 0.389 e. The summed E-state index contributed by atoms with van der Waals surface area (Å²) in [7, 11) is 3.43. The van der Waals surface area contributed by atoms with E-state index in [1.54, 1.807) is 20.9 Å². The topological polar surface area (TPSA) is 52.6 Å². The lowest BCUT2D eigenvalue weighted by Crippen LogP contribution is -2.47. The molecule has 0 radical (unpaired) electrons. The molecule has 0 spiro atoms. The van der Waals surface area contributed by atoms with E-state index >= 15 is 0 Å². The number of carbonyl (C=O) groups is 1. The molecule has 0 aromatic carbocycles. The predicted molar refractivity (Wildman–Crippen MR) is 52.5 cm³/mol. The van der Waals surface area contributed by atoms with Crippen LogP contribution in [0.15, 0.2) is 0 Å². The molecule has 13 heavy (non-hydrogen) atoms. The molecule has 0 heterocycles. The van der Waals surface area contributed by atoms with Crippen LogP contribution in [-0.2, 0) is 4.79 Å². The van der Waals surface area contributed by atoms with E-state index in [0.717, 1.165) is 0 Å². The summed E-state index contributed by atoms with van der Waals surface area (Å²) in [5, 5.41) is 12.1. The molecule has 0 aromatic rings. The lowest BCUT2D eigenvalue weighted by atomic mass is 10.1. The third kappa shape index (κ3) is 4.85. The first-order valence-corrected chi connectivity index (χ1v) is 4.42. The number of nitrogens with one attached hydrogen (secondary N) is 1. The predicted octanol–water partition coefficient (Wildman–Crippen LogP) is -0.176. The zero-order chi connectivity index (χ0) is 10.6. The zero-order valence-corrected chi connectivity index (χ0v) is 9.09. The highest BCUT2D eigenvalue weighted by Crippen LogP contribution is 2.06. The maximum Gasteiger partial charge on any atom is 0.236 e. The minimum absolute atomic E-state index is 0.0354. The van der Waals surface area contributed by atoms with Crippen molar-refractivity contribution in [2.24, 2.45) is 0 Å². The van der Waals surface area contributed by atoms with Gasteiger partial charge in [-0.25, -0.2) is 0 Å². The van der Waals surface area contributed by atoms with Gasteiger partial charge >= 0.3 is 0 Å². The molecule has 0 fully saturated rings. The van der Waals surface area contributed by atoms with Gasteiger partial charge in [0.25, 0.3) is 0 Å². The van der Waals surface area contributed by atoms with Gasteiger partial charge in [-0.1, -0.05) is 0 Å². The molecule has 1 unspecified atom stereocenters. The molecule has 0 bridgehead atoms. The van der Waals surface area contributed by atoms with Crippen molar-refractivity contribution in [3.63, 3.8) is 0 Å². The molecule has 2 N–H and O–H groups in total. The van der Waals surface area contributed by atoms with Crippen LogP contribution >= 0.6 is 0 Å². The van der Waals surface area contributed by atoms with Gasteiger partial charge in [0, 0.05) is 13.6 Å². The molecule has 0 aliphatic rings. The summed E-state index contributed by atoms with van der Waals surface area (Å²) in [5.74, 6) is -0.0354. The number of aliphatic hydroxyl groups is 1. The number of hydrogen-bond donors (Lipinski definition) is 2. The fourth-order valence-electron chi connectivity index (χ4n) is 1.16. The molecule has 0 aliphatic carbocycles. The monoisotopic (exact) mass is 188 g/mol. The van der Waals surface area contributed by atoms with Crippen molar-refractivity contribution in [1.82, 2.24) is 10.2 Å². The van der Waals surface area contributed by atoms with Crippen LogP contribution in [0.4, 0.5) is 0 Å². The Morgan fingerprint density at radius 2 is 2.08 bits per heavy atom. The molecule has 0 saturated heterocycles. The quantitative estimate of drug-likeness (QED) is 0.643. The minimum Gasteiger partial charge on any atom is -0.389 e. The van der Waals surface area contributed by atoms with E-state index in [1.807, 2.05) is 18.9 Å². The van der Waals surface area contributed by atoms with Crippen molar-refractivity contribution in [2.45, 2.75) is 32.4 Å². The van der Waals surface area contributed by atoms with Gasteiger partial charge in [0.2, 0.25) is 5.91 Å². The van der Waals surface area contributed by atoms with Gasteiger partial charge in [0.05, 0.1) is 11.6 Å². The fourth-order valence-corrected chi connectivity index (χ4v) is 1.16. The maximum absolute atomic E-state index is 11.2. The van der Waals surface area contributed by atoms with E-state index in [0.29, 0.717) is 6.54 Å². The van der Waals surface area contributed by atoms with E-state index in [4.69, 9.17) is 0 Å². The first-order valence-electron chi connectivity index (χ1n) is 4.42. The Hall–Kier alpha value is -0.610. The summed E-state index contributed by atoms with van der Waals surface area (Å²) in [6.07, 6.45) is 0. The summed E-state index contributed by atoms with van der Waals surface area (Å²) >= 11 is 0. The number of likely N-dealkylation sites (N-methyl/N-ethyl adjacent to an activating group) is 2. The highest BCUT2D eigenvalue weighted by Gasteiger charge is 2.22. The highest BCUT2D eigenvalue weighted by atomic mass is 16.3. The Kier molecular flexibility index (Phi) is 4.36. The van der Waals surface area contributed by atoms with Gasteiger partial charge in [-0.3, -0.25) is 9.69 Å². The van der Waals surface area contributed by atoms with Crippen LogP contribution in [-0.4, -0.2) is 48.2 Å². The van der Waals surface area contributed by atoms with Crippen LogP contribution in [0.2, 0.25) is 0 Å². The molecule has 0 rings (SSSR count). The average Bonchev–Trinajstić information content (AvgIpc) is 1.98. The lowest BCUT2D eigenvalue weighted by Gasteiger charge is -2.29. The van der Waals surface area contributed by atoms with Crippen LogP contribution in [0.3, 0.4) is 0 Å². The molecule has 78 valence electrons. The first-order chi connectivity index (χ1) is 5.78. The Morgan fingerprint density at radius 3 is 2.38 bits per heavy atom. The Morgan fingerprint density at radius 1 is 1.62 bits per heavy atom. The van der Waals surface area contributed by atoms with E-state index in [1.165, 1.54) is 0 Å². The summed E-state index contributed by atoms with van der Waals surface area (Å²) in [5.41, 5.74) is -0.767. The molecular formula is C9H20N2O2. The standard InChI is InChI=1S/C9H20N2O2/c1-7(8(12)10-4)11(5)6-9(2,3)13/h7,13H,6H2,1-5H3,(H,10,12). The normalized spacial score (nSPS) is 14.4. The maximum atomic E-state index is 11.2. The van der Waals surface area contributed by atoms with Gasteiger partial charge in [0.15, 0.2) is 0 Å². The number of hydrogen-bond acceptors (Lipinski definition) is 3. The number of amides is 1. The molecule has 1 atom stereocenters. The number of carbonyl (C=O) groups excluding carboxylic acids is 1. The van der Waals surface area contributed by atoms with Crippen molar-refractivity contribution in [1.29, 1.82) is 0 Å². The molecule has 4 heteroatoms. The van der Waals surface area contributed by atoms with Crippen LogP contribution in [0.25, 0.3) is 0 Å². The summed E-state index contributed by atoms with van der Waals surface area (Å²) < 4.78 is 0. The van der Waals surface area contributed by atoms with Crippen molar-refractivity contribution < 1.29 is 9.90 Å². The van der Waals surface area contributed by atoms with Crippen LogP contribution in [0, 0.1) is 0 Å². The Balaban J connectivity index is 4.11. The van der Waals surface area contributed by atoms with Crippen molar-refractivity contribution in [2.75, 3.05) is 20.6 Å². The molecular weight excluding hydrogens is 168 g/mol. The summed E-state index contributed by atoms with van der Waals surface area (Å²) in [4.78, 5) is 13.0. The minimum atomic E-state index is -0.767. The van der Waals surface area contributed by atoms with Crippen LogP contribution < -0.4 is 5.32 Å². The second-order valence-corrected chi connectivity index (χ2v) is 4.02. The lowest BCUT2D eigenvalue weighted by molar-refractivity contribution is -0.125. The molecule has 1 amide bonds. The molecule has 0 saturated carbocycles. The average molecular weight is 188 g/mol. The van der Waals surface area contributed by atoms with E-state index in [9.17, 15) is 9.90 Å². The number of nitrogens with zero attached hydrogens (tertiary/aromatic N) is 1. The van der Waals surface area contributed by atoms with Crippen LogP contribution in [0.1, 0.15) is 20.8 Å². The summed E-state index contributed by atoms with van der Waals surface area (Å²) in [6, 6.07) is -0.212. The molecule has 0 aromatic heterocycles. The number of rotatable bonds is 4. The van der Waals surface area contributed by atoms with Gasteiger partial charge < -0.3 is 10.4 Å². The van der Waals surface area contributed by atoms with Crippen molar-refractivity contribution in [3.8, 4) is 0 Å². The third-order valence-corrected chi connectivity index (χ3v) is 1.92. The fraction of sp³-hybridized carbons (Fsp3) is 0.889. The zero-order valence-electron chi connectivity index (χ0n) is 9.09. The first kappa shape index (κ1) is 12.4. The second kappa shape index (κ2) is 4.58. The van der Waals surface area contributed by atoms with Gasteiger partial charge in [-0.15, -0.1) is 0 Å². The van der Waals surface area contributed by atoms with Crippen molar-refractivity contribution in [3.05, 3.63) is 0 Å². The Bertz CT molecular complexity index is 175. The molecule has 4 nitrogen and oxygen atoms in total. The summed E-state index contributed by atoms with van der Waals surface area (Å²) in [6.45, 7) is 5.73. The third-order valence-electron chi connectivity index (χ3n) is 1.92. The van der Waals surface area contributed by atoms with Gasteiger partial charge in [-0.2, -0.15) is 0 Å². The van der Waals surface area contributed by atoms with E-state index in [2.05, 4.69) is 5.32 Å². The molecule has 0 aliphatic heterocycles. The SMILES string of the molecule is CNC(=O)C(C)N(C)CC(C)(C)O. The van der Waals surface area contributed by atoms with Gasteiger partial charge in [-0.05, 0) is 27.8 Å². The smallest absolute Gasteiger partial charge is 0.236 e.